The highest BCUT2D eigenvalue weighted by atomic mass is 16.4. The lowest BCUT2D eigenvalue weighted by atomic mass is 9.85. The average molecular weight is 270 g/mol. The van der Waals surface area contributed by atoms with Crippen LogP contribution in [0.3, 0.4) is 0 Å². The van der Waals surface area contributed by atoms with Crippen LogP contribution in [0, 0.1) is 5.41 Å². The molecule has 0 saturated heterocycles. The lowest BCUT2D eigenvalue weighted by Crippen LogP contribution is -2.46. The van der Waals surface area contributed by atoms with Crippen LogP contribution in [0.2, 0.25) is 0 Å². The van der Waals surface area contributed by atoms with E-state index >= 15 is 0 Å². The summed E-state index contributed by atoms with van der Waals surface area (Å²) in [7, 11) is 0. The zero-order chi connectivity index (χ0) is 14.6. The van der Waals surface area contributed by atoms with E-state index in [1.807, 2.05) is 20.8 Å². The lowest BCUT2D eigenvalue weighted by molar-refractivity contribution is -0.146. The smallest absolute Gasteiger partial charge is 0.323 e. The Labute approximate surface area is 115 Å². The number of nitrogens with zero attached hydrogens (tertiary/aromatic N) is 1. The number of carbonyl (C=O) groups is 2. The maximum atomic E-state index is 12.3. The molecule has 1 fully saturated rings. The SMILES string of the molecule is CC(C)(C)C(N)CC(=O)N(CC(=O)O)C1CCCC1. The summed E-state index contributed by atoms with van der Waals surface area (Å²) in [4.78, 5) is 24.7. The van der Waals surface area contributed by atoms with E-state index in [2.05, 4.69) is 0 Å². The number of carboxylic acids is 1. The standard InChI is InChI=1S/C14H26N2O3/c1-14(2,3)11(15)8-12(17)16(9-13(18)19)10-6-4-5-7-10/h10-11H,4-9,15H2,1-3H3,(H,18,19). The molecule has 1 saturated carbocycles. The second-order valence-corrected chi connectivity index (χ2v) is 6.53. The molecular formula is C14H26N2O3. The first kappa shape index (κ1) is 16.0. The molecule has 0 radical (unpaired) electrons. The number of carbonyl (C=O) groups excluding carboxylic acids is 1. The molecule has 3 N–H and O–H groups in total. The van der Waals surface area contributed by atoms with Crippen molar-refractivity contribution in [1.82, 2.24) is 4.90 Å². The van der Waals surface area contributed by atoms with E-state index in [0.717, 1.165) is 25.7 Å². The second kappa shape index (κ2) is 6.37. The third-order valence-corrected chi connectivity index (χ3v) is 3.90. The number of aliphatic carboxylic acids is 1. The van der Waals surface area contributed by atoms with Gasteiger partial charge in [-0.1, -0.05) is 33.6 Å². The highest BCUT2D eigenvalue weighted by molar-refractivity contribution is 5.82. The first-order valence-corrected chi connectivity index (χ1v) is 6.98. The molecule has 1 amide bonds. The van der Waals surface area contributed by atoms with Gasteiger partial charge in [-0.05, 0) is 18.3 Å². The fraction of sp³-hybridized carbons (Fsp3) is 0.857. The zero-order valence-corrected chi connectivity index (χ0v) is 12.2. The Morgan fingerprint density at radius 2 is 1.84 bits per heavy atom. The van der Waals surface area contributed by atoms with E-state index in [0.29, 0.717) is 0 Å². The molecular weight excluding hydrogens is 244 g/mol. The van der Waals surface area contributed by atoms with Gasteiger partial charge in [0.2, 0.25) is 5.91 Å². The summed E-state index contributed by atoms with van der Waals surface area (Å²) < 4.78 is 0. The molecule has 0 aromatic heterocycles. The molecule has 0 heterocycles. The van der Waals surface area contributed by atoms with Gasteiger partial charge in [0.1, 0.15) is 6.54 Å². The maximum Gasteiger partial charge on any atom is 0.323 e. The number of hydrogen-bond acceptors (Lipinski definition) is 3. The number of nitrogens with two attached hydrogens (primary N) is 1. The topological polar surface area (TPSA) is 83.6 Å². The van der Waals surface area contributed by atoms with Gasteiger partial charge in [-0.15, -0.1) is 0 Å². The predicted molar refractivity (Wildman–Crippen MR) is 73.7 cm³/mol. The van der Waals surface area contributed by atoms with Crippen molar-refractivity contribution in [1.29, 1.82) is 0 Å². The minimum absolute atomic E-state index is 0.0794. The minimum Gasteiger partial charge on any atom is -0.480 e. The molecule has 1 aliphatic rings. The predicted octanol–water partition coefficient (Wildman–Crippen LogP) is 1.61. The van der Waals surface area contributed by atoms with Crippen LogP contribution in [-0.4, -0.2) is 40.5 Å². The zero-order valence-electron chi connectivity index (χ0n) is 12.2. The molecule has 110 valence electrons. The summed E-state index contributed by atoms with van der Waals surface area (Å²) in [5.74, 6) is -1.08. The summed E-state index contributed by atoms with van der Waals surface area (Å²) in [6.07, 6.45) is 4.17. The maximum absolute atomic E-state index is 12.3. The number of rotatable bonds is 5. The van der Waals surface area contributed by atoms with Crippen molar-refractivity contribution >= 4 is 11.9 Å². The van der Waals surface area contributed by atoms with E-state index in [1.54, 1.807) is 0 Å². The van der Waals surface area contributed by atoms with Crippen LogP contribution in [0.15, 0.2) is 0 Å². The van der Waals surface area contributed by atoms with E-state index < -0.39 is 5.97 Å². The molecule has 1 aliphatic carbocycles. The molecule has 1 rings (SSSR count). The fourth-order valence-electron chi connectivity index (χ4n) is 2.39. The van der Waals surface area contributed by atoms with Gasteiger partial charge >= 0.3 is 5.97 Å². The molecule has 5 nitrogen and oxygen atoms in total. The molecule has 1 unspecified atom stereocenters. The quantitative estimate of drug-likeness (QED) is 0.795. The summed E-state index contributed by atoms with van der Waals surface area (Å²) in [6, 6.07) is -0.173. The van der Waals surface area contributed by atoms with Gasteiger partial charge in [0.25, 0.3) is 0 Å². The molecule has 0 aromatic rings. The monoisotopic (exact) mass is 270 g/mol. The molecule has 19 heavy (non-hydrogen) atoms. The lowest BCUT2D eigenvalue weighted by Gasteiger charge is -2.32. The van der Waals surface area contributed by atoms with Crippen LogP contribution in [0.5, 0.6) is 0 Å². The van der Waals surface area contributed by atoms with Crippen LogP contribution >= 0.6 is 0 Å². The van der Waals surface area contributed by atoms with Crippen LogP contribution < -0.4 is 5.73 Å². The van der Waals surface area contributed by atoms with Gasteiger partial charge in [0.15, 0.2) is 0 Å². The molecule has 0 aromatic carbocycles. The third-order valence-electron chi connectivity index (χ3n) is 3.90. The van der Waals surface area contributed by atoms with Crippen LogP contribution in [-0.2, 0) is 9.59 Å². The van der Waals surface area contributed by atoms with Gasteiger partial charge in [0.05, 0.1) is 0 Å². The van der Waals surface area contributed by atoms with Crippen molar-refractivity contribution in [2.45, 2.75) is 65.0 Å². The van der Waals surface area contributed by atoms with Crippen LogP contribution in [0.4, 0.5) is 0 Å². The van der Waals surface area contributed by atoms with E-state index in [4.69, 9.17) is 10.8 Å². The van der Waals surface area contributed by atoms with Gasteiger partial charge < -0.3 is 15.7 Å². The minimum atomic E-state index is -0.954. The summed E-state index contributed by atoms with van der Waals surface area (Å²) >= 11 is 0. The number of carboxylic acid groups (broad SMARTS) is 1. The Bertz CT molecular complexity index is 330. The molecule has 0 spiro atoms. The van der Waals surface area contributed by atoms with E-state index in [1.165, 1.54) is 4.90 Å². The third kappa shape index (κ3) is 4.82. The molecule has 0 aliphatic heterocycles. The van der Waals surface area contributed by atoms with Gasteiger partial charge in [-0.25, -0.2) is 0 Å². The van der Waals surface area contributed by atoms with Crippen molar-refractivity contribution in [3.05, 3.63) is 0 Å². The van der Waals surface area contributed by atoms with Crippen LogP contribution in [0.1, 0.15) is 52.9 Å². The summed E-state index contributed by atoms with van der Waals surface area (Å²) in [6.45, 7) is 5.76. The number of hydrogen-bond donors (Lipinski definition) is 2. The van der Waals surface area contributed by atoms with Gasteiger partial charge in [-0.3, -0.25) is 9.59 Å². The molecule has 1 atom stereocenters. The Hall–Kier alpha value is -1.10. The Morgan fingerprint density at radius 1 is 1.32 bits per heavy atom. The average Bonchev–Trinajstić information content (AvgIpc) is 2.77. The van der Waals surface area contributed by atoms with E-state index in [9.17, 15) is 9.59 Å². The summed E-state index contributed by atoms with van der Waals surface area (Å²) in [5.41, 5.74) is 5.87. The Balaban J connectivity index is 2.68. The van der Waals surface area contributed by atoms with Crippen molar-refractivity contribution in [2.75, 3.05) is 6.54 Å². The fourth-order valence-corrected chi connectivity index (χ4v) is 2.39. The summed E-state index contributed by atoms with van der Waals surface area (Å²) in [5, 5.41) is 8.96. The van der Waals surface area contributed by atoms with Gasteiger partial charge in [-0.2, -0.15) is 0 Å². The first-order chi connectivity index (χ1) is 8.71. The number of amides is 1. The normalized spacial score (nSPS) is 18.3. The first-order valence-electron chi connectivity index (χ1n) is 6.98. The molecule has 0 bridgehead atoms. The largest absolute Gasteiger partial charge is 0.480 e. The van der Waals surface area contributed by atoms with Crippen molar-refractivity contribution in [3.8, 4) is 0 Å². The molecule has 5 heteroatoms. The van der Waals surface area contributed by atoms with Crippen molar-refractivity contribution in [3.63, 3.8) is 0 Å². The van der Waals surface area contributed by atoms with Crippen molar-refractivity contribution < 1.29 is 14.7 Å². The van der Waals surface area contributed by atoms with E-state index in [-0.39, 0.29) is 36.4 Å². The Kier molecular flexibility index (Phi) is 5.35. The second-order valence-electron chi connectivity index (χ2n) is 6.53. The highest BCUT2D eigenvalue weighted by Gasteiger charge is 2.31. The van der Waals surface area contributed by atoms with Crippen LogP contribution in [0.25, 0.3) is 0 Å². The Morgan fingerprint density at radius 3 is 2.26 bits per heavy atom. The van der Waals surface area contributed by atoms with Crippen molar-refractivity contribution in [2.24, 2.45) is 11.1 Å². The highest BCUT2D eigenvalue weighted by Crippen LogP contribution is 2.26. The van der Waals surface area contributed by atoms with Gasteiger partial charge in [0, 0.05) is 18.5 Å².